The summed E-state index contributed by atoms with van der Waals surface area (Å²) < 4.78 is 11.6. The van der Waals surface area contributed by atoms with Gasteiger partial charge in [0.15, 0.2) is 11.5 Å². The monoisotopic (exact) mass is 293 g/mol. The Hall–Kier alpha value is -1.22. The largest absolute Gasteiger partial charge is 0.490 e. The maximum absolute atomic E-state index is 6.43. The van der Waals surface area contributed by atoms with Crippen LogP contribution in [0.4, 0.5) is 0 Å². The van der Waals surface area contributed by atoms with Crippen LogP contribution in [-0.4, -0.2) is 13.2 Å². The van der Waals surface area contributed by atoms with Gasteiger partial charge in [-0.3, -0.25) is 0 Å². The van der Waals surface area contributed by atoms with E-state index in [1.807, 2.05) is 12.1 Å². The third-order valence-corrected chi connectivity index (χ3v) is 4.00. The fraction of sp³-hybridized carbons (Fsp3) is 0.667. The zero-order chi connectivity index (χ0) is 15.9. The van der Waals surface area contributed by atoms with Gasteiger partial charge >= 0.3 is 0 Å². The molecule has 0 heterocycles. The molecule has 1 aromatic carbocycles. The molecule has 0 aliphatic heterocycles. The minimum atomic E-state index is -0.00768. The lowest BCUT2D eigenvalue weighted by molar-refractivity contribution is 0.262. The summed E-state index contributed by atoms with van der Waals surface area (Å²) in [6.45, 7) is 12.2. The quantitative estimate of drug-likeness (QED) is 0.717. The van der Waals surface area contributed by atoms with Crippen molar-refractivity contribution in [2.75, 3.05) is 13.2 Å². The van der Waals surface area contributed by atoms with Crippen LogP contribution in [0.5, 0.6) is 11.5 Å². The number of ether oxygens (including phenoxy) is 2. The molecule has 0 bridgehead atoms. The van der Waals surface area contributed by atoms with Gasteiger partial charge in [-0.05, 0) is 42.4 Å². The summed E-state index contributed by atoms with van der Waals surface area (Å²) in [4.78, 5) is 0. The van der Waals surface area contributed by atoms with Crippen LogP contribution < -0.4 is 15.2 Å². The first-order chi connectivity index (χ1) is 9.96. The van der Waals surface area contributed by atoms with Crippen LogP contribution in [0.15, 0.2) is 18.2 Å². The molecule has 0 saturated carbocycles. The maximum atomic E-state index is 6.43. The highest BCUT2D eigenvalue weighted by molar-refractivity contribution is 5.44. The highest BCUT2D eigenvalue weighted by Gasteiger charge is 2.26. The molecule has 0 fully saturated rings. The molecular weight excluding hydrogens is 262 g/mol. The van der Waals surface area contributed by atoms with Crippen molar-refractivity contribution in [3.05, 3.63) is 23.8 Å². The van der Waals surface area contributed by atoms with E-state index in [2.05, 4.69) is 40.7 Å². The SMILES string of the molecule is CCCOc1ccc(C(N)C(C)(C)CC)cc1OCCC. The second-order valence-corrected chi connectivity index (χ2v) is 6.22. The van der Waals surface area contributed by atoms with Crippen molar-refractivity contribution in [1.29, 1.82) is 0 Å². The van der Waals surface area contributed by atoms with E-state index in [-0.39, 0.29) is 11.5 Å². The van der Waals surface area contributed by atoms with Crippen LogP contribution in [0.1, 0.15) is 65.5 Å². The molecule has 1 unspecified atom stereocenters. The van der Waals surface area contributed by atoms with Crippen molar-refractivity contribution in [2.45, 2.75) is 59.9 Å². The molecule has 1 rings (SSSR count). The minimum absolute atomic E-state index is 0.00768. The van der Waals surface area contributed by atoms with Gasteiger partial charge < -0.3 is 15.2 Å². The summed E-state index contributed by atoms with van der Waals surface area (Å²) in [6.07, 6.45) is 2.99. The first-order valence-corrected chi connectivity index (χ1v) is 8.11. The molecule has 0 aliphatic carbocycles. The third-order valence-electron chi connectivity index (χ3n) is 4.00. The molecular formula is C18H31NO2. The molecule has 2 N–H and O–H groups in total. The Morgan fingerprint density at radius 3 is 2.10 bits per heavy atom. The molecule has 3 nitrogen and oxygen atoms in total. The van der Waals surface area contributed by atoms with E-state index in [0.29, 0.717) is 13.2 Å². The van der Waals surface area contributed by atoms with Crippen molar-refractivity contribution in [1.82, 2.24) is 0 Å². The molecule has 0 spiro atoms. The summed E-state index contributed by atoms with van der Waals surface area (Å²) >= 11 is 0. The van der Waals surface area contributed by atoms with Gasteiger partial charge in [0, 0.05) is 6.04 Å². The van der Waals surface area contributed by atoms with Gasteiger partial charge in [-0.1, -0.05) is 40.7 Å². The van der Waals surface area contributed by atoms with E-state index in [9.17, 15) is 0 Å². The lowest BCUT2D eigenvalue weighted by Crippen LogP contribution is -2.28. The van der Waals surface area contributed by atoms with E-state index < -0.39 is 0 Å². The first-order valence-electron chi connectivity index (χ1n) is 8.11. The second-order valence-electron chi connectivity index (χ2n) is 6.22. The van der Waals surface area contributed by atoms with Gasteiger partial charge in [-0.15, -0.1) is 0 Å². The molecule has 1 aromatic rings. The van der Waals surface area contributed by atoms with Crippen molar-refractivity contribution in [2.24, 2.45) is 11.1 Å². The van der Waals surface area contributed by atoms with Gasteiger partial charge in [0.2, 0.25) is 0 Å². The average molecular weight is 293 g/mol. The predicted molar refractivity (Wildman–Crippen MR) is 89.0 cm³/mol. The smallest absolute Gasteiger partial charge is 0.161 e. The fourth-order valence-corrected chi connectivity index (χ4v) is 2.05. The third kappa shape index (κ3) is 4.92. The Bertz CT molecular complexity index is 429. The van der Waals surface area contributed by atoms with Crippen LogP contribution in [-0.2, 0) is 0 Å². The lowest BCUT2D eigenvalue weighted by atomic mass is 9.79. The van der Waals surface area contributed by atoms with Crippen LogP contribution in [0.25, 0.3) is 0 Å². The van der Waals surface area contributed by atoms with Gasteiger partial charge in [0.1, 0.15) is 0 Å². The van der Waals surface area contributed by atoms with E-state index in [1.165, 1.54) is 0 Å². The first kappa shape index (κ1) is 17.8. The Kier molecular flexibility index (Phi) is 7.03. The van der Waals surface area contributed by atoms with E-state index in [1.54, 1.807) is 0 Å². The molecule has 3 heteroatoms. The van der Waals surface area contributed by atoms with Crippen LogP contribution in [0.3, 0.4) is 0 Å². The number of benzene rings is 1. The molecule has 0 aliphatic rings. The zero-order valence-electron chi connectivity index (χ0n) is 14.2. The van der Waals surface area contributed by atoms with Gasteiger partial charge in [0.25, 0.3) is 0 Å². The van der Waals surface area contributed by atoms with Crippen molar-refractivity contribution in [3.63, 3.8) is 0 Å². The molecule has 0 radical (unpaired) electrons. The topological polar surface area (TPSA) is 44.5 Å². The number of hydrogen-bond acceptors (Lipinski definition) is 3. The standard InChI is InChI=1S/C18H31NO2/c1-6-11-20-15-10-9-14(13-16(15)21-12-7-2)17(19)18(4,5)8-3/h9-10,13,17H,6-8,11-12,19H2,1-5H3. The number of hydrogen-bond donors (Lipinski definition) is 1. The molecule has 1 atom stereocenters. The van der Waals surface area contributed by atoms with Crippen molar-refractivity contribution in [3.8, 4) is 11.5 Å². The van der Waals surface area contributed by atoms with E-state index >= 15 is 0 Å². The molecule has 0 amide bonds. The molecule has 0 saturated heterocycles. The van der Waals surface area contributed by atoms with Crippen molar-refractivity contribution >= 4 is 0 Å². The molecule has 21 heavy (non-hydrogen) atoms. The summed E-state index contributed by atoms with van der Waals surface area (Å²) in [6, 6.07) is 6.09. The summed E-state index contributed by atoms with van der Waals surface area (Å²) in [7, 11) is 0. The van der Waals surface area contributed by atoms with E-state index in [4.69, 9.17) is 15.2 Å². The minimum Gasteiger partial charge on any atom is -0.490 e. The van der Waals surface area contributed by atoms with Crippen LogP contribution in [0, 0.1) is 5.41 Å². The fourth-order valence-electron chi connectivity index (χ4n) is 2.05. The Morgan fingerprint density at radius 2 is 1.57 bits per heavy atom. The number of nitrogens with two attached hydrogens (primary N) is 1. The Labute approximate surface area is 129 Å². The lowest BCUT2D eigenvalue weighted by Gasteiger charge is -2.31. The zero-order valence-corrected chi connectivity index (χ0v) is 14.2. The highest BCUT2D eigenvalue weighted by atomic mass is 16.5. The van der Waals surface area contributed by atoms with Gasteiger partial charge in [-0.2, -0.15) is 0 Å². The van der Waals surface area contributed by atoms with Crippen molar-refractivity contribution < 1.29 is 9.47 Å². The summed E-state index contributed by atoms with van der Waals surface area (Å²) in [5.74, 6) is 1.63. The van der Waals surface area contributed by atoms with Crippen LogP contribution in [0.2, 0.25) is 0 Å². The second kappa shape index (κ2) is 8.28. The summed E-state index contributed by atoms with van der Waals surface area (Å²) in [5, 5.41) is 0. The van der Waals surface area contributed by atoms with Crippen LogP contribution >= 0.6 is 0 Å². The normalized spacial score (nSPS) is 13.0. The molecule has 0 aromatic heterocycles. The highest BCUT2D eigenvalue weighted by Crippen LogP contribution is 2.38. The number of rotatable bonds is 9. The van der Waals surface area contributed by atoms with E-state index in [0.717, 1.165) is 36.3 Å². The van der Waals surface area contributed by atoms with Gasteiger partial charge in [-0.25, -0.2) is 0 Å². The average Bonchev–Trinajstić information content (AvgIpc) is 2.50. The van der Waals surface area contributed by atoms with Gasteiger partial charge in [0.05, 0.1) is 13.2 Å². The molecule has 120 valence electrons. The Morgan fingerprint density at radius 1 is 1.00 bits per heavy atom. The predicted octanol–water partition coefficient (Wildman–Crippen LogP) is 4.70. The Balaban J connectivity index is 3.02. The maximum Gasteiger partial charge on any atom is 0.161 e. The summed E-state index contributed by atoms with van der Waals surface area (Å²) in [5.41, 5.74) is 7.61.